The van der Waals surface area contributed by atoms with E-state index in [9.17, 15) is 9.59 Å². The average molecular weight is 613 g/mol. The molecule has 244 valence electrons. The minimum Gasteiger partial charge on any atom is -0.478 e. The molecule has 0 bridgehead atoms. The Hall–Kier alpha value is -4.02. The molecule has 0 heterocycles. The molecule has 0 saturated heterocycles. The van der Waals surface area contributed by atoms with Gasteiger partial charge in [-0.1, -0.05) is 131 Å². The van der Waals surface area contributed by atoms with Gasteiger partial charge in [0, 0.05) is 18.3 Å². The third-order valence-corrected chi connectivity index (χ3v) is 6.90. The lowest BCUT2D eigenvalue weighted by Gasteiger charge is -2.20. The number of carboxylic acids is 1. The van der Waals surface area contributed by atoms with Gasteiger partial charge < -0.3 is 9.84 Å². The van der Waals surface area contributed by atoms with Gasteiger partial charge in [0.25, 0.3) is 0 Å². The monoisotopic (exact) mass is 612 g/mol. The SMILES string of the molecule is COC(C)(C)C/C=C/C(C)=C/C=C/C(C=O)=C/C=C/C(C)=C/C=C/C=C(C)/C=C/C=C(\C)CC/C=C(\C)CC/C=C(\C)C(=O)O. The summed E-state index contributed by atoms with van der Waals surface area (Å²) in [6.45, 7) is 16.1. The van der Waals surface area contributed by atoms with Crippen molar-refractivity contribution < 1.29 is 19.4 Å². The summed E-state index contributed by atoms with van der Waals surface area (Å²) < 4.78 is 5.42. The molecule has 0 radical (unpaired) electrons. The van der Waals surface area contributed by atoms with Crippen molar-refractivity contribution >= 4 is 12.3 Å². The predicted molar refractivity (Wildman–Crippen MR) is 194 cm³/mol. The molecule has 4 nitrogen and oxygen atoms in total. The molecule has 0 rings (SSSR count). The van der Waals surface area contributed by atoms with Crippen LogP contribution in [0.15, 0.2) is 142 Å². The van der Waals surface area contributed by atoms with Gasteiger partial charge in [0.1, 0.15) is 6.29 Å². The molecule has 0 fully saturated rings. The van der Waals surface area contributed by atoms with Crippen molar-refractivity contribution in [2.24, 2.45) is 0 Å². The highest BCUT2D eigenvalue weighted by molar-refractivity contribution is 5.85. The van der Waals surface area contributed by atoms with Gasteiger partial charge >= 0.3 is 5.97 Å². The second-order valence-electron chi connectivity index (χ2n) is 11.9. The van der Waals surface area contributed by atoms with Gasteiger partial charge in [-0.2, -0.15) is 0 Å². The van der Waals surface area contributed by atoms with E-state index in [1.165, 1.54) is 11.1 Å². The van der Waals surface area contributed by atoms with Gasteiger partial charge in [0.15, 0.2) is 0 Å². The van der Waals surface area contributed by atoms with Crippen molar-refractivity contribution in [3.8, 4) is 0 Å². The third-order valence-electron chi connectivity index (χ3n) is 6.90. The number of methoxy groups -OCH3 is 1. The fourth-order valence-corrected chi connectivity index (χ4v) is 3.65. The maximum atomic E-state index is 11.4. The second kappa shape index (κ2) is 24.3. The zero-order valence-corrected chi connectivity index (χ0v) is 29.1. The maximum absolute atomic E-state index is 11.4. The summed E-state index contributed by atoms with van der Waals surface area (Å²) in [6.07, 6.45) is 39.2. The number of aliphatic carboxylic acids is 1. The lowest BCUT2D eigenvalue weighted by molar-refractivity contribution is -0.132. The summed E-state index contributed by atoms with van der Waals surface area (Å²) in [6, 6.07) is 0. The maximum Gasteiger partial charge on any atom is 0.330 e. The summed E-state index contributed by atoms with van der Waals surface area (Å²) in [5.74, 6) is -0.849. The lowest BCUT2D eigenvalue weighted by atomic mass is 10.0. The highest BCUT2D eigenvalue weighted by Crippen LogP contribution is 2.14. The Morgan fingerprint density at radius 2 is 1.18 bits per heavy atom. The van der Waals surface area contributed by atoms with E-state index >= 15 is 0 Å². The Morgan fingerprint density at radius 3 is 1.76 bits per heavy atom. The van der Waals surface area contributed by atoms with Crippen LogP contribution in [0.2, 0.25) is 0 Å². The van der Waals surface area contributed by atoms with Crippen LogP contribution in [0.3, 0.4) is 0 Å². The second-order valence-corrected chi connectivity index (χ2v) is 11.9. The summed E-state index contributed by atoms with van der Waals surface area (Å²) in [7, 11) is 1.72. The highest BCUT2D eigenvalue weighted by Gasteiger charge is 2.12. The van der Waals surface area contributed by atoms with Crippen LogP contribution in [-0.2, 0) is 14.3 Å². The van der Waals surface area contributed by atoms with E-state index < -0.39 is 5.97 Å². The van der Waals surface area contributed by atoms with E-state index in [0.717, 1.165) is 55.1 Å². The van der Waals surface area contributed by atoms with Crippen molar-refractivity contribution in [2.75, 3.05) is 7.11 Å². The number of allylic oxidation sites excluding steroid dienone is 22. The number of carbonyl (C=O) groups is 2. The molecule has 0 aliphatic carbocycles. The molecular weight excluding hydrogens is 556 g/mol. The molecule has 0 aliphatic heterocycles. The van der Waals surface area contributed by atoms with Crippen LogP contribution in [0.4, 0.5) is 0 Å². The zero-order valence-electron chi connectivity index (χ0n) is 29.1. The molecule has 0 amide bonds. The summed E-state index contributed by atoms with van der Waals surface area (Å²) >= 11 is 0. The van der Waals surface area contributed by atoms with Crippen LogP contribution in [0.5, 0.6) is 0 Å². The standard InChI is InChI=1S/C41H56O4/c1-33(20-12-21-35(3)22-13-23-36(4)24-14-28-38(6)40(43)44)18-10-11-19-34(2)25-15-29-39(32-42)30-16-26-37(5)27-17-31-41(7,8)45-9/h10-12,15-21,23,25-30,32H,13-14,22,24,31H2,1-9H3,(H,43,44)/b11-10+,20-12+,25-15+,27-17+,30-16+,33-18+,34-19+,35-21+,36-23+,37-26+,38-28+,39-29-. The molecule has 45 heavy (non-hydrogen) atoms. The molecule has 0 unspecified atom stereocenters. The Bertz CT molecular complexity index is 1310. The molecule has 0 atom stereocenters. The van der Waals surface area contributed by atoms with Gasteiger partial charge in [-0.25, -0.2) is 4.79 Å². The van der Waals surface area contributed by atoms with Gasteiger partial charge in [0.05, 0.1) is 5.60 Å². The molecule has 0 aromatic carbocycles. The first-order valence-electron chi connectivity index (χ1n) is 15.6. The van der Waals surface area contributed by atoms with E-state index in [1.54, 1.807) is 32.3 Å². The smallest absolute Gasteiger partial charge is 0.330 e. The van der Waals surface area contributed by atoms with Gasteiger partial charge in [-0.05, 0) is 87.5 Å². The number of carboxylic acid groups (broad SMARTS) is 1. The van der Waals surface area contributed by atoms with Gasteiger partial charge in [-0.3, -0.25) is 4.79 Å². The topological polar surface area (TPSA) is 63.6 Å². The Morgan fingerprint density at radius 1 is 0.667 bits per heavy atom. The Balaban J connectivity index is 4.79. The number of aldehydes is 1. The summed E-state index contributed by atoms with van der Waals surface area (Å²) in [5, 5.41) is 8.91. The van der Waals surface area contributed by atoms with E-state index in [1.807, 2.05) is 56.4 Å². The Kier molecular flexibility index (Phi) is 22.1. The van der Waals surface area contributed by atoms with Gasteiger partial charge in [0.2, 0.25) is 0 Å². The third kappa shape index (κ3) is 24.0. The predicted octanol–water partition coefficient (Wildman–Crippen LogP) is 11.0. The fourth-order valence-electron chi connectivity index (χ4n) is 3.65. The molecule has 1 N–H and O–H groups in total. The van der Waals surface area contributed by atoms with Crippen LogP contribution in [0.1, 0.15) is 87.5 Å². The van der Waals surface area contributed by atoms with E-state index in [-0.39, 0.29) is 5.60 Å². The fraction of sp³-hybridized carbons (Fsp3) is 0.366. The largest absolute Gasteiger partial charge is 0.478 e. The number of hydrogen-bond donors (Lipinski definition) is 1. The first kappa shape index (κ1) is 41.0. The number of rotatable bonds is 20. The molecule has 0 aliphatic rings. The number of ether oxygens (including phenoxy) is 1. The number of hydrogen-bond acceptors (Lipinski definition) is 3. The number of carbonyl (C=O) groups excluding carboxylic acids is 1. The molecule has 0 saturated carbocycles. The molecule has 0 spiro atoms. The first-order valence-corrected chi connectivity index (χ1v) is 15.6. The van der Waals surface area contributed by atoms with Gasteiger partial charge in [-0.15, -0.1) is 0 Å². The van der Waals surface area contributed by atoms with Crippen molar-refractivity contribution in [2.45, 2.75) is 93.1 Å². The molecule has 0 aromatic rings. The van der Waals surface area contributed by atoms with Crippen molar-refractivity contribution in [1.82, 2.24) is 0 Å². The van der Waals surface area contributed by atoms with Crippen LogP contribution in [0, 0.1) is 0 Å². The first-order chi connectivity index (χ1) is 21.3. The van der Waals surface area contributed by atoms with Crippen LogP contribution < -0.4 is 0 Å². The van der Waals surface area contributed by atoms with Crippen LogP contribution in [-0.4, -0.2) is 30.1 Å². The minimum atomic E-state index is -0.849. The summed E-state index contributed by atoms with van der Waals surface area (Å²) in [5.41, 5.74) is 6.76. The molecule has 4 heteroatoms. The summed E-state index contributed by atoms with van der Waals surface area (Å²) in [4.78, 5) is 22.3. The minimum absolute atomic E-state index is 0.175. The van der Waals surface area contributed by atoms with Crippen molar-refractivity contribution in [3.63, 3.8) is 0 Å². The van der Waals surface area contributed by atoms with Crippen LogP contribution in [0.25, 0.3) is 0 Å². The quantitative estimate of drug-likeness (QED) is 0.0643. The zero-order chi connectivity index (χ0) is 34.1. The van der Waals surface area contributed by atoms with Crippen LogP contribution >= 0.6 is 0 Å². The van der Waals surface area contributed by atoms with E-state index in [0.29, 0.717) is 11.1 Å². The highest BCUT2D eigenvalue weighted by atomic mass is 16.5. The average Bonchev–Trinajstić information content (AvgIpc) is 2.98. The van der Waals surface area contributed by atoms with Crippen molar-refractivity contribution in [1.29, 1.82) is 0 Å². The molecular formula is C41H56O4. The van der Waals surface area contributed by atoms with Crippen molar-refractivity contribution in [3.05, 3.63) is 142 Å². The normalized spacial score (nSPS) is 15.6. The van der Waals surface area contributed by atoms with E-state index in [2.05, 4.69) is 77.2 Å². The Labute approximate surface area is 273 Å². The van der Waals surface area contributed by atoms with E-state index in [4.69, 9.17) is 9.84 Å². The molecule has 0 aromatic heterocycles. The lowest BCUT2D eigenvalue weighted by Crippen LogP contribution is -2.20.